The number of hydrogen-bond donors (Lipinski definition) is 2. The summed E-state index contributed by atoms with van der Waals surface area (Å²) in [4.78, 5) is 42.2. The molecule has 33 heavy (non-hydrogen) atoms. The summed E-state index contributed by atoms with van der Waals surface area (Å²) in [5.74, 6) is -1.13. The minimum absolute atomic E-state index is 0.114. The molecule has 0 bridgehead atoms. The van der Waals surface area contributed by atoms with E-state index < -0.39 is 17.8 Å². The third-order valence-electron chi connectivity index (χ3n) is 5.47. The number of ketones is 1. The summed E-state index contributed by atoms with van der Waals surface area (Å²) < 4.78 is 5.31. The van der Waals surface area contributed by atoms with Gasteiger partial charge in [-0.1, -0.05) is 60.7 Å². The SMILES string of the molecule is O=C(C[C@@H]1Sc2ccccc2NC1=O)OCC(=O)c1c(-c2ccccc2)[nH]c2ccccc12. The molecule has 0 unspecified atom stereocenters. The lowest BCUT2D eigenvalue weighted by atomic mass is 10.0. The number of amides is 1. The first-order chi connectivity index (χ1) is 16.1. The van der Waals surface area contributed by atoms with E-state index in [1.807, 2.05) is 78.9 Å². The van der Waals surface area contributed by atoms with E-state index in [0.717, 1.165) is 27.0 Å². The summed E-state index contributed by atoms with van der Waals surface area (Å²) in [6.07, 6.45) is -0.114. The number of hydrogen-bond acceptors (Lipinski definition) is 5. The van der Waals surface area contributed by atoms with E-state index in [-0.39, 0.29) is 18.1 Å². The summed E-state index contributed by atoms with van der Waals surface area (Å²) in [6, 6.07) is 24.5. The number of aromatic amines is 1. The molecule has 1 aliphatic heterocycles. The molecule has 6 nitrogen and oxygen atoms in total. The number of anilines is 1. The number of benzene rings is 3. The van der Waals surface area contributed by atoms with Gasteiger partial charge in [0.05, 0.1) is 28.6 Å². The van der Waals surface area contributed by atoms with Crippen molar-refractivity contribution in [3.8, 4) is 11.3 Å². The molecule has 7 heteroatoms. The number of para-hydroxylation sites is 2. The standard InChI is InChI=1S/C26H20N2O4S/c29-20(15-32-23(30)14-22-26(31)28-19-12-6-7-13-21(19)33-22)24-17-10-4-5-11-18(17)27-25(24)16-8-2-1-3-9-16/h1-13,22,27H,14-15H2,(H,28,31)/t22-/m0/s1. The van der Waals surface area contributed by atoms with Crippen LogP contribution in [0.2, 0.25) is 0 Å². The van der Waals surface area contributed by atoms with Crippen molar-refractivity contribution in [3.05, 3.63) is 84.4 Å². The number of esters is 1. The van der Waals surface area contributed by atoms with Crippen molar-refractivity contribution in [1.29, 1.82) is 0 Å². The monoisotopic (exact) mass is 456 g/mol. The molecule has 1 aromatic heterocycles. The second-order valence-electron chi connectivity index (χ2n) is 7.67. The van der Waals surface area contributed by atoms with Gasteiger partial charge >= 0.3 is 5.97 Å². The van der Waals surface area contributed by atoms with Crippen LogP contribution >= 0.6 is 11.8 Å². The van der Waals surface area contributed by atoms with Crippen LogP contribution in [0.25, 0.3) is 22.2 Å². The molecule has 0 saturated carbocycles. The van der Waals surface area contributed by atoms with Crippen molar-refractivity contribution in [1.82, 2.24) is 4.98 Å². The average molecular weight is 457 g/mol. The number of Topliss-reactive ketones (excluding diaryl/α,β-unsaturated/α-hetero) is 1. The summed E-state index contributed by atoms with van der Waals surface area (Å²) in [5, 5.41) is 2.98. The quantitative estimate of drug-likeness (QED) is 0.313. The van der Waals surface area contributed by atoms with Crippen LogP contribution in [-0.2, 0) is 14.3 Å². The van der Waals surface area contributed by atoms with Gasteiger partial charge in [0.15, 0.2) is 6.61 Å². The number of carbonyl (C=O) groups is 3. The van der Waals surface area contributed by atoms with Crippen LogP contribution in [0.1, 0.15) is 16.8 Å². The number of aromatic nitrogens is 1. The van der Waals surface area contributed by atoms with E-state index in [2.05, 4.69) is 10.3 Å². The van der Waals surface area contributed by atoms with E-state index >= 15 is 0 Å². The normalized spacial score (nSPS) is 15.0. The van der Waals surface area contributed by atoms with Gasteiger partial charge in [0, 0.05) is 15.8 Å². The third kappa shape index (κ3) is 4.27. The van der Waals surface area contributed by atoms with Crippen LogP contribution in [0.15, 0.2) is 83.8 Å². The molecule has 1 aliphatic rings. The maximum atomic E-state index is 13.2. The van der Waals surface area contributed by atoms with Crippen molar-refractivity contribution >= 4 is 46.0 Å². The minimum Gasteiger partial charge on any atom is -0.457 e. The molecule has 0 radical (unpaired) electrons. The number of ether oxygens (including phenoxy) is 1. The van der Waals surface area contributed by atoms with Crippen molar-refractivity contribution in [3.63, 3.8) is 0 Å². The molecule has 0 aliphatic carbocycles. The van der Waals surface area contributed by atoms with Gasteiger partial charge in [-0.25, -0.2) is 0 Å². The Morgan fingerprint density at radius 2 is 1.64 bits per heavy atom. The highest BCUT2D eigenvalue weighted by atomic mass is 32.2. The van der Waals surface area contributed by atoms with Gasteiger partial charge in [0.25, 0.3) is 0 Å². The Morgan fingerprint density at radius 3 is 2.48 bits per heavy atom. The summed E-state index contributed by atoms with van der Waals surface area (Å²) in [6.45, 7) is -0.393. The van der Waals surface area contributed by atoms with Gasteiger partial charge in [0.2, 0.25) is 11.7 Å². The minimum atomic E-state index is -0.601. The molecular weight excluding hydrogens is 436 g/mol. The van der Waals surface area contributed by atoms with Crippen LogP contribution in [-0.4, -0.2) is 34.5 Å². The zero-order chi connectivity index (χ0) is 22.8. The predicted octanol–water partition coefficient (Wildman–Crippen LogP) is 5.06. The fourth-order valence-corrected chi connectivity index (χ4v) is 5.00. The van der Waals surface area contributed by atoms with Crippen molar-refractivity contribution in [2.24, 2.45) is 0 Å². The molecule has 2 N–H and O–H groups in total. The number of carbonyl (C=O) groups excluding carboxylic acids is 3. The Morgan fingerprint density at radius 1 is 0.909 bits per heavy atom. The molecule has 0 fully saturated rings. The van der Waals surface area contributed by atoms with E-state index in [0.29, 0.717) is 11.3 Å². The van der Waals surface area contributed by atoms with Crippen molar-refractivity contribution in [2.45, 2.75) is 16.6 Å². The van der Waals surface area contributed by atoms with Crippen molar-refractivity contribution < 1.29 is 19.1 Å². The van der Waals surface area contributed by atoms with Crippen molar-refractivity contribution in [2.75, 3.05) is 11.9 Å². The highest BCUT2D eigenvalue weighted by molar-refractivity contribution is 8.01. The maximum Gasteiger partial charge on any atom is 0.307 e. The zero-order valence-electron chi connectivity index (χ0n) is 17.5. The number of fused-ring (bicyclic) bond motifs is 2. The van der Waals surface area contributed by atoms with E-state index in [9.17, 15) is 14.4 Å². The van der Waals surface area contributed by atoms with E-state index in [4.69, 9.17) is 4.74 Å². The summed E-state index contributed by atoms with van der Waals surface area (Å²) in [7, 11) is 0. The molecule has 5 rings (SSSR count). The number of H-pyrrole nitrogens is 1. The second kappa shape index (κ2) is 8.96. The Hall–Kier alpha value is -3.84. The fourth-order valence-electron chi connectivity index (χ4n) is 3.91. The summed E-state index contributed by atoms with van der Waals surface area (Å²) >= 11 is 1.32. The molecule has 0 spiro atoms. The smallest absolute Gasteiger partial charge is 0.307 e. The molecule has 0 saturated heterocycles. The van der Waals surface area contributed by atoms with Crippen LogP contribution in [0.3, 0.4) is 0 Å². The molecular formula is C26H20N2O4S. The summed E-state index contributed by atoms with van der Waals surface area (Å²) in [5.41, 5.74) is 3.62. The first-order valence-corrected chi connectivity index (χ1v) is 11.4. The predicted molar refractivity (Wildman–Crippen MR) is 128 cm³/mol. The van der Waals surface area contributed by atoms with Gasteiger partial charge in [-0.3, -0.25) is 14.4 Å². The number of rotatable bonds is 6. The third-order valence-corrected chi connectivity index (χ3v) is 6.75. The molecule has 4 aromatic rings. The van der Waals surface area contributed by atoms with Gasteiger partial charge in [-0.05, 0) is 23.8 Å². The van der Waals surface area contributed by atoms with Crippen LogP contribution in [0.4, 0.5) is 5.69 Å². The zero-order valence-corrected chi connectivity index (χ0v) is 18.4. The number of nitrogens with one attached hydrogen (secondary N) is 2. The molecule has 1 atom stereocenters. The Bertz CT molecular complexity index is 1360. The Kier molecular flexibility index (Phi) is 5.71. The van der Waals surface area contributed by atoms with Crippen LogP contribution in [0, 0.1) is 0 Å². The highest BCUT2D eigenvalue weighted by Crippen LogP contribution is 2.37. The highest BCUT2D eigenvalue weighted by Gasteiger charge is 2.30. The topological polar surface area (TPSA) is 88.3 Å². The average Bonchev–Trinajstić information content (AvgIpc) is 3.23. The van der Waals surface area contributed by atoms with Crippen LogP contribution < -0.4 is 5.32 Å². The lowest BCUT2D eigenvalue weighted by Gasteiger charge is -2.23. The molecule has 164 valence electrons. The Balaban J connectivity index is 1.31. The molecule has 2 heterocycles. The van der Waals surface area contributed by atoms with Gasteiger partial charge in [0.1, 0.15) is 0 Å². The second-order valence-corrected chi connectivity index (χ2v) is 8.91. The van der Waals surface area contributed by atoms with Gasteiger partial charge in [-0.2, -0.15) is 0 Å². The first-order valence-electron chi connectivity index (χ1n) is 10.5. The van der Waals surface area contributed by atoms with Gasteiger partial charge in [-0.15, -0.1) is 11.8 Å². The largest absolute Gasteiger partial charge is 0.457 e. The maximum absolute atomic E-state index is 13.2. The molecule has 1 amide bonds. The first kappa shape index (κ1) is 21.0. The fraction of sp³-hybridized carbons (Fsp3) is 0.115. The number of thioether (sulfide) groups is 1. The van der Waals surface area contributed by atoms with E-state index in [1.54, 1.807) is 0 Å². The molecule has 3 aromatic carbocycles. The Labute approximate surface area is 194 Å². The van der Waals surface area contributed by atoms with Gasteiger partial charge < -0.3 is 15.0 Å². The van der Waals surface area contributed by atoms with E-state index in [1.165, 1.54) is 11.8 Å². The lowest BCUT2D eigenvalue weighted by molar-refractivity contribution is -0.143. The lowest BCUT2D eigenvalue weighted by Crippen LogP contribution is -2.31. The van der Waals surface area contributed by atoms with Crippen LogP contribution in [0.5, 0.6) is 0 Å².